The molecule has 8 bridgehead atoms. The van der Waals surface area contributed by atoms with Crippen molar-refractivity contribution in [3.8, 4) is 0 Å². The van der Waals surface area contributed by atoms with Crippen LogP contribution in [-0.2, 0) is 23.9 Å². The Bertz CT molecular complexity index is 2350. The van der Waals surface area contributed by atoms with Crippen molar-refractivity contribution in [2.24, 2.45) is 50.5 Å². The van der Waals surface area contributed by atoms with Crippen LogP contribution in [-0.4, -0.2) is 53.7 Å². The third kappa shape index (κ3) is 10.8. The number of hydrogen-bond donors (Lipinski definition) is 2. The Kier molecular flexibility index (Phi) is 16.4. The second-order valence-corrected chi connectivity index (χ2v) is 19.4. The van der Waals surface area contributed by atoms with Crippen LogP contribution in [0, 0.1) is 35.5 Å². The summed E-state index contributed by atoms with van der Waals surface area (Å²) in [5.41, 5.74) is 10.9. The quantitative estimate of drug-likeness (QED) is 0.0537. The topological polar surface area (TPSA) is 139 Å². The minimum absolute atomic E-state index is 0.139. The molecule has 0 aromatic rings. The number of hydrogen-bond acceptors (Lipinski definition) is 10. The van der Waals surface area contributed by atoms with E-state index in [0.29, 0.717) is 81.0 Å². The van der Waals surface area contributed by atoms with E-state index in [1.54, 1.807) is 6.08 Å². The summed E-state index contributed by atoms with van der Waals surface area (Å²) in [5.74, 6) is -0.732. The lowest BCUT2D eigenvalue weighted by Gasteiger charge is -2.19. The summed E-state index contributed by atoms with van der Waals surface area (Å²) in [6.45, 7) is 23.7. The summed E-state index contributed by atoms with van der Waals surface area (Å²) in [7, 11) is 1.29. The fourth-order valence-corrected chi connectivity index (χ4v) is 10.1. The number of methoxy groups -OCH3 is 1. The van der Waals surface area contributed by atoms with Crippen molar-refractivity contribution in [3.63, 3.8) is 0 Å². The van der Waals surface area contributed by atoms with Crippen LogP contribution >= 0.6 is 0 Å². The fourth-order valence-electron chi connectivity index (χ4n) is 10.1. The van der Waals surface area contributed by atoms with Gasteiger partial charge in [-0.1, -0.05) is 105 Å². The molecule has 65 heavy (non-hydrogen) atoms. The minimum atomic E-state index is -1.23. The monoisotopic (exact) mass is 885 g/mol. The van der Waals surface area contributed by atoms with Gasteiger partial charge in [-0.25, -0.2) is 15.0 Å². The molecule has 348 valence electrons. The normalized spacial score (nSPS) is 23.2. The fraction of sp³-hybridized carbons (Fsp3) is 0.527. The Morgan fingerprint density at radius 2 is 1.60 bits per heavy atom. The average molecular weight is 885 g/mol. The zero-order valence-corrected chi connectivity index (χ0v) is 40.7. The van der Waals surface area contributed by atoms with Crippen molar-refractivity contribution < 1.29 is 29.0 Å². The van der Waals surface area contributed by atoms with Gasteiger partial charge >= 0.3 is 11.9 Å². The van der Waals surface area contributed by atoms with Gasteiger partial charge in [-0.15, -0.1) is 0 Å². The molecule has 0 amide bonds. The van der Waals surface area contributed by atoms with E-state index in [-0.39, 0.29) is 36.6 Å². The third-order valence-electron chi connectivity index (χ3n) is 14.2. The highest BCUT2D eigenvalue weighted by molar-refractivity contribution is 6.42. The van der Waals surface area contributed by atoms with Gasteiger partial charge in [0.1, 0.15) is 12.5 Å². The Labute approximate surface area is 387 Å². The highest BCUT2D eigenvalue weighted by atomic mass is 16.5. The molecule has 10 heteroatoms. The van der Waals surface area contributed by atoms with Gasteiger partial charge in [-0.05, 0) is 105 Å². The van der Waals surface area contributed by atoms with Crippen molar-refractivity contribution in [2.75, 3.05) is 13.7 Å². The number of esters is 2. The minimum Gasteiger partial charge on any atom is -0.515 e. The summed E-state index contributed by atoms with van der Waals surface area (Å²) in [5, 5.41) is 14.1. The van der Waals surface area contributed by atoms with E-state index in [9.17, 15) is 19.5 Å². The molecule has 6 aliphatic rings. The molecular formula is C55H72N4O6. The Hall–Kier alpha value is -5.38. The van der Waals surface area contributed by atoms with E-state index in [1.807, 2.05) is 45.1 Å². The number of aliphatic hydroxyl groups excluding tert-OH is 1. The molecule has 0 aromatic heterocycles. The molecule has 6 rings (SSSR count). The zero-order valence-electron chi connectivity index (χ0n) is 40.7. The number of ether oxygens (including phenoxy) is 2. The number of aliphatic imine (C=N–C) groups is 3. The summed E-state index contributed by atoms with van der Waals surface area (Å²) in [4.78, 5) is 56.5. The maximum atomic E-state index is 14.4. The van der Waals surface area contributed by atoms with Crippen molar-refractivity contribution in [1.82, 2.24) is 5.32 Å². The van der Waals surface area contributed by atoms with Crippen LogP contribution in [0.5, 0.6) is 0 Å². The van der Waals surface area contributed by atoms with Crippen LogP contribution in [0.2, 0.25) is 0 Å². The predicted octanol–water partition coefficient (Wildman–Crippen LogP) is 12.1. The van der Waals surface area contributed by atoms with Crippen LogP contribution in [0.3, 0.4) is 0 Å². The number of rotatable bonds is 20. The number of fused-ring (bicyclic) bond motifs is 5. The van der Waals surface area contributed by atoms with Gasteiger partial charge in [0, 0.05) is 51.9 Å². The summed E-state index contributed by atoms with van der Waals surface area (Å²) in [6.07, 6.45) is 22.9. The lowest BCUT2D eigenvalue weighted by molar-refractivity contribution is -0.146. The van der Waals surface area contributed by atoms with E-state index < -0.39 is 11.9 Å². The maximum Gasteiger partial charge on any atom is 0.321 e. The van der Waals surface area contributed by atoms with Crippen molar-refractivity contribution in [2.45, 2.75) is 139 Å². The number of Topliss-reactive ketones (excluding diaryl/α,β-unsaturated/α-hetero) is 1. The average Bonchev–Trinajstić information content (AvgIpc) is 4.02. The van der Waals surface area contributed by atoms with E-state index >= 15 is 0 Å². The number of carbonyl (C=O) groups is 3. The van der Waals surface area contributed by atoms with Crippen LogP contribution in [0.4, 0.5) is 0 Å². The molecule has 5 atom stereocenters. The first-order valence-electron chi connectivity index (χ1n) is 24.1. The zero-order chi connectivity index (χ0) is 47.1. The third-order valence-corrected chi connectivity index (χ3v) is 14.2. The summed E-state index contributed by atoms with van der Waals surface area (Å²) >= 11 is 0. The van der Waals surface area contributed by atoms with Crippen molar-refractivity contribution >= 4 is 34.9 Å². The second kappa shape index (κ2) is 21.7. The molecule has 2 N–H and O–H groups in total. The largest absolute Gasteiger partial charge is 0.515 e. The van der Waals surface area contributed by atoms with Gasteiger partial charge in [0.15, 0.2) is 5.78 Å². The van der Waals surface area contributed by atoms with E-state index in [4.69, 9.17) is 24.5 Å². The number of aliphatic hydroxyl groups is 1. The molecule has 0 radical (unpaired) electrons. The number of nitrogens with one attached hydrogen (secondary N) is 1. The molecule has 2 fully saturated rings. The number of nitrogens with zero attached hydrogens (tertiary/aromatic N) is 3. The molecule has 1 saturated carbocycles. The van der Waals surface area contributed by atoms with Crippen LogP contribution < -0.4 is 5.32 Å². The van der Waals surface area contributed by atoms with Crippen molar-refractivity contribution in [3.05, 3.63) is 116 Å². The molecular weight excluding hydrogens is 813 g/mol. The summed E-state index contributed by atoms with van der Waals surface area (Å²) < 4.78 is 11.0. The van der Waals surface area contributed by atoms with E-state index in [2.05, 4.69) is 53.4 Å². The lowest BCUT2D eigenvalue weighted by Crippen LogP contribution is -2.26. The Morgan fingerprint density at radius 1 is 0.908 bits per heavy atom. The molecule has 5 aliphatic heterocycles. The first-order chi connectivity index (χ1) is 31.1. The maximum absolute atomic E-state index is 14.4. The highest BCUT2D eigenvalue weighted by Gasteiger charge is 2.52. The van der Waals surface area contributed by atoms with Crippen molar-refractivity contribution in [1.29, 1.82) is 0 Å². The summed E-state index contributed by atoms with van der Waals surface area (Å²) in [6, 6.07) is 0. The van der Waals surface area contributed by atoms with E-state index in [0.717, 1.165) is 53.4 Å². The number of carbonyl (C=O) groups excluding carboxylic acids is 3. The molecule has 0 spiro atoms. The van der Waals surface area contributed by atoms with Gasteiger partial charge in [-0.2, -0.15) is 0 Å². The van der Waals surface area contributed by atoms with Crippen LogP contribution in [0.1, 0.15) is 139 Å². The molecule has 0 unspecified atom stereocenters. The van der Waals surface area contributed by atoms with Gasteiger partial charge in [0.05, 0.1) is 47.6 Å². The first kappa shape index (κ1) is 49.1. The molecule has 0 aromatic carbocycles. The van der Waals surface area contributed by atoms with Gasteiger partial charge in [0.2, 0.25) is 0 Å². The van der Waals surface area contributed by atoms with Gasteiger partial charge in [-0.3, -0.25) is 14.4 Å². The highest BCUT2D eigenvalue weighted by Crippen LogP contribution is 2.47. The lowest BCUT2D eigenvalue weighted by atomic mass is 9.85. The standard InChI is InChI=1S/C55H72N4O6/c1-12-38-35(8)42-27-43-36(9)40(23-24-48(61)65-26-25-34(7)22-16-21-33(6)20-15-19-32(5)18-14-17-31(3)4)52(58-43)50-51(55(63)64-11)54(62)49-37(10)44(59-53(49)50)28-46-39(13-2)41(30-60)47(57-46)29-45(38)56-42/h12,25,27-33,36,40,51,58,60H,1,13-24,26H2,2-11H3/b34-25+,41-30-,43-27?,44-28?,45-29?,52-50?/t32-,33+,36+,40-,51+/m0/s1. The smallest absolute Gasteiger partial charge is 0.321 e. The Balaban J connectivity index is 1.21. The van der Waals surface area contributed by atoms with E-state index in [1.165, 1.54) is 57.6 Å². The second-order valence-electron chi connectivity index (χ2n) is 19.4. The predicted molar refractivity (Wildman–Crippen MR) is 262 cm³/mol. The molecule has 5 heterocycles. The van der Waals surface area contributed by atoms with Crippen LogP contribution in [0.15, 0.2) is 131 Å². The number of ketones is 1. The molecule has 1 saturated heterocycles. The molecule has 1 aliphatic carbocycles. The van der Waals surface area contributed by atoms with Gasteiger partial charge < -0.3 is 19.9 Å². The molecule has 10 nitrogen and oxygen atoms in total. The van der Waals surface area contributed by atoms with Crippen LogP contribution in [0.25, 0.3) is 0 Å². The number of allylic oxidation sites excluding steroid dienone is 12. The SMILES string of the molecule is C=CC1=C(C)C2=NC1=CC1=NC(=C(CC)/C1=C/O)C=C1N=C3C(=C1C)C(=O)[C@H](C(=O)OC)C3=C1NC(=C2)[C@H](C)[C@@H]1CCC(=O)OC/C=C(\C)CCC[C@H](C)CCC[C@@H](C)CCCC(C)C. The Morgan fingerprint density at radius 3 is 2.25 bits per heavy atom. The van der Waals surface area contributed by atoms with Gasteiger partial charge in [0.25, 0.3) is 0 Å². The first-order valence-corrected chi connectivity index (χ1v) is 24.1.